The molecule has 0 aliphatic carbocycles. The Labute approximate surface area is 138 Å². The minimum atomic E-state index is -1.19. The van der Waals surface area contributed by atoms with Gasteiger partial charge in [0.2, 0.25) is 5.91 Å². The van der Waals surface area contributed by atoms with Crippen LogP contribution in [-0.2, 0) is 4.79 Å². The molecule has 124 valence electrons. The first kappa shape index (κ1) is 17.3. The zero-order valence-electron chi connectivity index (χ0n) is 13.2. The van der Waals surface area contributed by atoms with Crippen molar-refractivity contribution in [3.8, 4) is 0 Å². The molecule has 1 aliphatic heterocycles. The summed E-state index contributed by atoms with van der Waals surface area (Å²) < 4.78 is 0. The molecule has 1 aromatic heterocycles. The number of nitrogens with zero attached hydrogens (tertiary/aromatic N) is 3. The zero-order chi connectivity index (χ0) is 17.1. The van der Waals surface area contributed by atoms with Crippen LogP contribution in [0.15, 0.2) is 18.3 Å². The molecule has 0 saturated carbocycles. The van der Waals surface area contributed by atoms with E-state index in [1.165, 1.54) is 35.0 Å². The van der Waals surface area contributed by atoms with Gasteiger partial charge in [-0.2, -0.15) is 0 Å². The Morgan fingerprint density at radius 3 is 2.74 bits per heavy atom. The van der Waals surface area contributed by atoms with Crippen LogP contribution in [-0.4, -0.2) is 68.4 Å². The van der Waals surface area contributed by atoms with Crippen LogP contribution >= 0.6 is 11.8 Å². The molecule has 1 saturated heterocycles. The molecule has 2 heterocycles. The van der Waals surface area contributed by atoms with Gasteiger partial charge >= 0.3 is 5.97 Å². The first-order valence-electron chi connectivity index (χ1n) is 7.17. The molecule has 0 spiro atoms. The third kappa shape index (κ3) is 3.64. The van der Waals surface area contributed by atoms with Crippen molar-refractivity contribution in [2.45, 2.75) is 25.9 Å². The highest BCUT2D eigenvalue weighted by Crippen LogP contribution is 2.25. The van der Waals surface area contributed by atoms with Crippen molar-refractivity contribution in [3.05, 3.63) is 29.6 Å². The van der Waals surface area contributed by atoms with Gasteiger partial charge in [-0.1, -0.05) is 0 Å². The third-order valence-electron chi connectivity index (χ3n) is 3.78. The predicted octanol–water partition coefficient (Wildman–Crippen LogP) is 1.16. The van der Waals surface area contributed by atoms with Crippen molar-refractivity contribution in [1.29, 1.82) is 0 Å². The second-order valence-electron chi connectivity index (χ2n) is 5.57. The second kappa shape index (κ2) is 6.99. The molecule has 2 rings (SSSR count). The lowest BCUT2D eigenvalue weighted by Crippen LogP contribution is -2.49. The van der Waals surface area contributed by atoms with Gasteiger partial charge in [-0.05, 0) is 26.0 Å². The van der Waals surface area contributed by atoms with Gasteiger partial charge in [-0.15, -0.1) is 11.8 Å². The normalized spacial score (nSPS) is 17.4. The number of aromatic nitrogens is 1. The van der Waals surface area contributed by atoms with Crippen LogP contribution in [0.3, 0.4) is 0 Å². The molecular formula is C15H19N3O4S. The van der Waals surface area contributed by atoms with Crippen molar-refractivity contribution in [1.82, 2.24) is 14.8 Å². The Morgan fingerprint density at radius 2 is 2.13 bits per heavy atom. The van der Waals surface area contributed by atoms with Crippen molar-refractivity contribution in [3.63, 3.8) is 0 Å². The van der Waals surface area contributed by atoms with Crippen LogP contribution in [0.25, 0.3) is 0 Å². The number of amides is 2. The molecule has 1 unspecified atom stereocenters. The lowest BCUT2D eigenvalue weighted by Gasteiger charge is -2.29. The number of hydrogen-bond donors (Lipinski definition) is 1. The maximum Gasteiger partial charge on any atom is 0.354 e. The lowest BCUT2D eigenvalue weighted by atomic mass is 10.1. The molecule has 7 nitrogen and oxygen atoms in total. The summed E-state index contributed by atoms with van der Waals surface area (Å²) in [6.07, 6.45) is 1.29. The molecule has 1 atom stereocenters. The lowest BCUT2D eigenvalue weighted by molar-refractivity contribution is -0.135. The van der Waals surface area contributed by atoms with Gasteiger partial charge in [0.05, 0.1) is 5.88 Å². The van der Waals surface area contributed by atoms with E-state index in [2.05, 4.69) is 4.98 Å². The zero-order valence-corrected chi connectivity index (χ0v) is 14.0. The summed E-state index contributed by atoms with van der Waals surface area (Å²) >= 11 is 1.51. The second-order valence-corrected chi connectivity index (χ2v) is 6.57. The fourth-order valence-corrected chi connectivity index (χ4v) is 3.33. The Hall–Kier alpha value is -2.09. The Bertz CT molecular complexity index is 635. The molecule has 0 bridgehead atoms. The predicted molar refractivity (Wildman–Crippen MR) is 86.4 cm³/mol. The summed E-state index contributed by atoms with van der Waals surface area (Å²) in [4.78, 5) is 43.0. The van der Waals surface area contributed by atoms with Crippen molar-refractivity contribution in [2.24, 2.45) is 0 Å². The van der Waals surface area contributed by atoms with Gasteiger partial charge in [0.25, 0.3) is 5.91 Å². The van der Waals surface area contributed by atoms with Crippen molar-refractivity contribution >= 4 is 29.5 Å². The quantitative estimate of drug-likeness (QED) is 0.887. The van der Waals surface area contributed by atoms with Gasteiger partial charge in [-0.25, -0.2) is 9.78 Å². The Morgan fingerprint density at radius 1 is 1.43 bits per heavy atom. The minimum absolute atomic E-state index is 0.0459. The Kier molecular flexibility index (Phi) is 5.25. The summed E-state index contributed by atoms with van der Waals surface area (Å²) in [5.41, 5.74) is 0.0368. The highest BCUT2D eigenvalue weighted by atomic mass is 32.2. The van der Waals surface area contributed by atoms with E-state index in [4.69, 9.17) is 5.11 Å². The summed E-state index contributed by atoms with van der Waals surface area (Å²) in [5, 5.41) is 8.98. The molecular weight excluding hydrogens is 318 g/mol. The number of aromatic carboxylic acids is 1. The fraction of sp³-hybridized carbons (Fsp3) is 0.467. The Balaban J connectivity index is 2.22. The molecule has 0 aromatic carbocycles. The summed E-state index contributed by atoms with van der Waals surface area (Å²) in [5.74, 6) is -0.700. The van der Waals surface area contributed by atoms with Gasteiger partial charge in [-0.3, -0.25) is 9.59 Å². The van der Waals surface area contributed by atoms with Gasteiger partial charge in [0.15, 0.2) is 0 Å². The maximum absolute atomic E-state index is 12.7. The van der Waals surface area contributed by atoms with E-state index >= 15 is 0 Å². The highest BCUT2D eigenvalue weighted by molar-refractivity contribution is 7.99. The van der Waals surface area contributed by atoms with E-state index in [9.17, 15) is 14.4 Å². The van der Waals surface area contributed by atoms with Crippen LogP contribution in [0.5, 0.6) is 0 Å². The number of thioether (sulfide) groups is 1. The first-order chi connectivity index (χ1) is 10.8. The van der Waals surface area contributed by atoms with Crippen LogP contribution in [0.4, 0.5) is 0 Å². The average Bonchev–Trinajstić information content (AvgIpc) is 3.02. The number of carbonyl (C=O) groups is 3. The van der Waals surface area contributed by atoms with Gasteiger partial charge < -0.3 is 14.9 Å². The van der Waals surface area contributed by atoms with Crippen LogP contribution in [0.1, 0.15) is 34.7 Å². The summed E-state index contributed by atoms with van der Waals surface area (Å²) in [6, 6.07) is 2.22. The number of carboxylic acids is 1. The highest BCUT2D eigenvalue weighted by Gasteiger charge is 2.37. The molecule has 8 heteroatoms. The maximum atomic E-state index is 12.7. The topological polar surface area (TPSA) is 90.8 Å². The molecule has 23 heavy (non-hydrogen) atoms. The molecule has 1 aliphatic rings. The number of pyridine rings is 1. The molecule has 0 radical (unpaired) electrons. The summed E-state index contributed by atoms with van der Waals surface area (Å²) in [7, 11) is 1.72. The molecule has 2 amide bonds. The van der Waals surface area contributed by atoms with Crippen LogP contribution < -0.4 is 0 Å². The number of rotatable bonds is 4. The van der Waals surface area contributed by atoms with E-state index in [1.807, 2.05) is 13.8 Å². The van der Waals surface area contributed by atoms with Gasteiger partial charge in [0.1, 0.15) is 11.7 Å². The largest absolute Gasteiger partial charge is 0.477 e. The van der Waals surface area contributed by atoms with Crippen molar-refractivity contribution < 1.29 is 19.5 Å². The molecule has 1 N–H and O–H groups in total. The van der Waals surface area contributed by atoms with Gasteiger partial charge in [0, 0.05) is 30.6 Å². The summed E-state index contributed by atoms with van der Waals surface area (Å²) in [6.45, 7) is 3.82. The number of hydrogen-bond acceptors (Lipinski definition) is 5. The number of carboxylic acid groups (broad SMARTS) is 1. The average molecular weight is 337 g/mol. The number of likely N-dealkylation sites (N-methyl/N-ethyl adjacent to an activating group) is 1. The van der Waals surface area contributed by atoms with Crippen LogP contribution in [0.2, 0.25) is 0 Å². The SMILES string of the molecule is CC(C)N(C)C(=O)C1CSCN1C(=O)c1ccnc(C(=O)O)c1. The monoisotopic (exact) mass is 337 g/mol. The first-order valence-corrected chi connectivity index (χ1v) is 8.33. The van der Waals surface area contributed by atoms with E-state index in [-0.39, 0.29) is 29.1 Å². The standard InChI is InChI=1S/C15H19N3O4S/c1-9(2)17(3)14(20)12-7-23-8-18(12)13(19)10-4-5-16-11(6-10)15(21)22/h4-6,9,12H,7-8H2,1-3H3,(H,21,22). The van der Waals surface area contributed by atoms with E-state index in [1.54, 1.807) is 11.9 Å². The van der Waals surface area contributed by atoms with Crippen LogP contribution in [0, 0.1) is 0 Å². The van der Waals surface area contributed by atoms with E-state index in [0.29, 0.717) is 11.6 Å². The van der Waals surface area contributed by atoms with Crippen molar-refractivity contribution in [2.75, 3.05) is 18.7 Å². The van der Waals surface area contributed by atoms with E-state index < -0.39 is 12.0 Å². The molecule has 1 fully saturated rings. The third-order valence-corrected chi connectivity index (χ3v) is 4.79. The minimum Gasteiger partial charge on any atom is -0.477 e. The van der Waals surface area contributed by atoms with E-state index in [0.717, 1.165) is 0 Å². The fourth-order valence-electron chi connectivity index (χ4n) is 2.18. The molecule has 1 aromatic rings. The smallest absolute Gasteiger partial charge is 0.354 e. The number of carbonyl (C=O) groups excluding carboxylic acids is 2.